The molecule has 0 aliphatic carbocycles. The number of ether oxygens (including phenoxy) is 1. The van der Waals surface area contributed by atoms with Gasteiger partial charge in [-0.1, -0.05) is 54.1 Å². The second-order valence-corrected chi connectivity index (χ2v) is 8.69. The molecule has 0 N–H and O–H groups in total. The Bertz CT molecular complexity index is 1030. The van der Waals surface area contributed by atoms with E-state index in [9.17, 15) is 9.59 Å². The van der Waals surface area contributed by atoms with Crippen LogP contribution in [0.4, 0.5) is 4.79 Å². The predicted molar refractivity (Wildman–Crippen MR) is 128 cm³/mol. The van der Waals surface area contributed by atoms with Crippen LogP contribution in [0.3, 0.4) is 0 Å². The van der Waals surface area contributed by atoms with Gasteiger partial charge in [0.05, 0.1) is 24.9 Å². The van der Waals surface area contributed by atoms with Crippen LogP contribution in [0.2, 0.25) is 0 Å². The number of benzene rings is 2. The molecule has 174 valence electrons. The van der Waals surface area contributed by atoms with E-state index >= 15 is 0 Å². The van der Waals surface area contributed by atoms with Gasteiger partial charge in [0.2, 0.25) is 0 Å². The number of hydrogen-bond donors (Lipinski definition) is 0. The molecule has 7 nitrogen and oxygen atoms in total. The lowest BCUT2D eigenvalue weighted by Gasteiger charge is -2.34. The molecule has 0 unspecified atom stereocenters. The third kappa shape index (κ3) is 5.25. The molecule has 2 heterocycles. The smallest absolute Gasteiger partial charge is 0.409 e. The van der Waals surface area contributed by atoms with E-state index < -0.39 is 0 Å². The van der Waals surface area contributed by atoms with E-state index in [2.05, 4.69) is 36.9 Å². The average molecular weight is 449 g/mol. The molecule has 2 amide bonds. The standard InChI is InChI=1S/C26H32N4O3/c1-4-33-26(32)29-14-12-28(13-15-29)18-25(31)30-24(22-16-19(2)10-11-20(22)3)17-23(27-30)21-8-6-5-7-9-21/h5-11,16,24H,4,12-15,17-18H2,1-3H3/t24-/m0/s1. The van der Waals surface area contributed by atoms with Crippen LogP contribution in [0.1, 0.15) is 41.6 Å². The van der Waals surface area contributed by atoms with Crippen LogP contribution >= 0.6 is 0 Å². The number of hydrazone groups is 1. The number of rotatable bonds is 5. The van der Waals surface area contributed by atoms with Crippen LogP contribution in [-0.4, -0.2) is 71.9 Å². The zero-order valence-corrected chi connectivity index (χ0v) is 19.7. The Morgan fingerprint density at radius 2 is 1.76 bits per heavy atom. The Hall–Kier alpha value is -3.19. The maximum atomic E-state index is 13.5. The van der Waals surface area contributed by atoms with Gasteiger partial charge in [0.25, 0.3) is 5.91 Å². The van der Waals surface area contributed by atoms with Gasteiger partial charge in [-0.15, -0.1) is 0 Å². The summed E-state index contributed by atoms with van der Waals surface area (Å²) in [5, 5.41) is 6.49. The van der Waals surface area contributed by atoms with Crippen molar-refractivity contribution in [3.05, 3.63) is 70.8 Å². The van der Waals surface area contributed by atoms with Crippen molar-refractivity contribution < 1.29 is 14.3 Å². The van der Waals surface area contributed by atoms with Crippen molar-refractivity contribution in [3.8, 4) is 0 Å². The Labute approximate surface area is 195 Å². The molecule has 0 bridgehead atoms. The van der Waals surface area contributed by atoms with Crippen molar-refractivity contribution in [2.45, 2.75) is 33.2 Å². The number of nitrogens with zero attached hydrogens (tertiary/aromatic N) is 4. The topological polar surface area (TPSA) is 65.5 Å². The van der Waals surface area contributed by atoms with Gasteiger partial charge in [0.1, 0.15) is 0 Å². The van der Waals surface area contributed by atoms with E-state index in [-0.39, 0.29) is 24.6 Å². The number of carbonyl (C=O) groups excluding carboxylic acids is 2. The average Bonchev–Trinajstić information content (AvgIpc) is 3.27. The first-order valence-corrected chi connectivity index (χ1v) is 11.6. The lowest BCUT2D eigenvalue weighted by molar-refractivity contribution is -0.134. The summed E-state index contributed by atoms with van der Waals surface area (Å²) in [4.78, 5) is 29.2. The van der Waals surface area contributed by atoms with Crippen LogP contribution in [-0.2, 0) is 9.53 Å². The van der Waals surface area contributed by atoms with Gasteiger partial charge in [-0.3, -0.25) is 9.69 Å². The fraction of sp³-hybridized carbons (Fsp3) is 0.423. The SMILES string of the molecule is CCOC(=O)N1CCN(CC(=O)N2N=C(c3ccccc3)C[C@H]2c2cc(C)ccc2C)CC1. The minimum absolute atomic E-state index is 0.0172. The normalized spacial score (nSPS) is 18.9. The summed E-state index contributed by atoms with van der Waals surface area (Å²) in [7, 11) is 0. The number of amides is 2. The Kier molecular flexibility index (Phi) is 7.08. The Balaban J connectivity index is 1.51. The van der Waals surface area contributed by atoms with Crippen molar-refractivity contribution in [1.29, 1.82) is 0 Å². The summed E-state index contributed by atoms with van der Waals surface area (Å²) >= 11 is 0. The summed E-state index contributed by atoms with van der Waals surface area (Å²) in [6.07, 6.45) is 0.409. The first-order chi connectivity index (χ1) is 16.0. The molecular weight excluding hydrogens is 416 g/mol. The molecule has 1 atom stereocenters. The summed E-state index contributed by atoms with van der Waals surface area (Å²) in [5.74, 6) is -0.0172. The monoisotopic (exact) mass is 448 g/mol. The van der Waals surface area contributed by atoms with Gasteiger partial charge in [0, 0.05) is 32.6 Å². The Morgan fingerprint density at radius 1 is 1.03 bits per heavy atom. The molecule has 0 saturated carbocycles. The molecule has 1 fully saturated rings. The van der Waals surface area contributed by atoms with E-state index in [1.807, 2.05) is 30.3 Å². The van der Waals surface area contributed by atoms with Crippen LogP contribution in [0, 0.1) is 13.8 Å². The minimum Gasteiger partial charge on any atom is -0.450 e. The fourth-order valence-corrected chi connectivity index (χ4v) is 4.47. The molecule has 0 aromatic heterocycles. The van der Waals surface area contributed by atoms with Crippen LogP contribution < -0.4 is 0 Å². The molecular formula is C26H32N4O3. The van der Waals surface area contributed by atoms with E-state index in [1.165, 1.54) is 5.56 Å². The number of hydrogen-bond acceptors (Lipinski definition) is 5. The molecule has 2 aromatic rings. The third-order valence-electron chi connectivity index (χ3n) is 6.32. The highest BCUT2D eigenvalue weighted by Crippen LogP contribution is 2.35. The summed E-state index contributed by atoms with van der Waals surface area (Å²) in [6.45, 7) is 9.02. The Morgan fingerprint density at radius 3 is 2.45 bits per heavy atom. The molecule has 0 spiro atoms. The fourth-order valence-electron chi connectivity index (χ4n) is 4.47. The van der Waals surface area contributed by atoms with Gasteiger partial charge in [-0.05, 0) is 37.5 Å². The highest BCUT2D eigenvalue weighted by molar-refractivity contribution is 6.03. The van der Waals surface area contributed by atoms with E-state index in [4.69, 9.17) is 9.84 Å². The van der Waals surface area contributed by atoms with Crippen molar-refractivity contribution in [2.75, 3.05) is 39.3 Å². The maximum Gasteiger partial charge on any atom is 0.409 e. The second-order valence-electron chi connectivity index (χ2n) is 8.69. The number of carbonyl (C=O) groups is 2. The summed E-state index contributed by atoms with van der Waals surface area (Å²) in [5.41, 5.74) is 5.46. The zero-order valence-electron chi connectivity index (χ0n) is 19.7. The van der Waals surface area contributed by atoms with Crippen LogP contribution in [0.15, 0.2) is 53.6 Å². The summed E-state index contributed by atoms with van der Waals surface area (Å²) < 4.78 is 5.09. The first-order valence-electron chi connectivity index (χ1n) is 11.6. The highest BCUT2D eigenvalue weighted by atomic mass is 16.6. The molecule has 2 aliphatic heterocycles. The van der Waals surface area contributed by atoms with Gasteiger partial charge >= 0.3 is 6.09 Å². The zero-order chi connectivity index (χ0) is 23.4. The molecule has 33 heavy (non-hydrogen) atoms. The van der Waals surface area contributed by atoms with Gasteiger partial charge in [-0.25, -0.2) is 9.80 Å². The van der Waals surface area contributed by atoms with E-state index in [0.29, 0.717) is 39.2 Å². The maximum absolute atomic E-state index is 13.5. The van der Waals surface area contributed by atoms with Crippen molar-refractivity contribution >= 4 is 17.7 Å². The molecule has 7 heteroatoms. The summed E-state index contributed by atoms with van der Waals surface area (Å²) in [6, 6.07) is 16.3. The lowest BCUT2D eigenvalue weighted by atomic mass is 9.94. The predicted octanol–water partition coefficient (Wildman–Crippen LogP) is 3.76. The molecule has 2 aromatic carbocycles. The van der Waals surface area contributed by atoms with E-state index in [1.54, 1.807) is 16.8 Å². The second kappa shape index (κ2) is 10.2. The van der Waals surface area contributed by atoms with Crippen molar-refractivity contribution in [3.63, 3.8) is 0 Å². The third-order valence-corrected chi connectivity index (χ3v) is 6.32. The minimum atomic E-state index is -0.282. The molecule has 1 saturated heterocycles. The van der Waals surface area contributed by atoms with Crippen molar-refractivity contribution in [2.24, 2.45) is 5.10 Å². The van der Waals surface area contributed by atoms with E-state index in [0.717, 1.165) is 22.4 Å². The molecule has 0 radical (unpaired) electrons. The quantitative estimate of drug-likeness (QED) is 0.699. The molecule has 2 aliphatic rings. The molecule has 4 rings (SSSR count). The van der Waals surface area contributed by atoms with Gasteiger partial charge in [-0.2, -0.15) is 5.10 Å². The van der Waals surface area contributed by atoms with Gasteiger partial charge < -0.3 is 9.64 Å². The van der Waals surface area contributed by atoms with Crippen LogP contribution in [0.25, 0.3) is 0 Å². The van der Waals surface area contributed by atoms with Gasteiger partial charge in [0.15, 0.2) is 0 Å². The van der Waals surface area contributed by atoms with Crippen molar-refractivity contribution in [1.82, 2.24) is 14.8 Å². The highest BCUT2D eigenvalue weighted by Gasteiger charge is 2.35. The largest absolute Gasteiger partial charge is 0.450 e. The lowest BCUT2D eigenvalue weighted by Crippen LogP contribution is -2.51. The number of piperazine rings is 1. The number of aryl methyl sites for hydroxylation is 2. The van der Waals surface area contributed by atoms with Crippen LogP contribution in [0.5, 0.6) is 0 Å². The first kappa shape index (κ1) is 23.0.